The third kappa shape index (κ3) is 2.45. The first kappa shape index (κ1) is 13.0. The first-order valence-corrected chi connectivity index (χ1v) is 7.35. The normalized spacial score (nSPS) is 14.2. The summed E-state index contributed by atoms with van der Waals surface area (Å²) in [5, 5.41) is 7.67. The molecule has 110 valence electrons. The van der Waals surface area contributed by atoms with Crippen molar-refractivity contribution in [2.24, 2.45) is 0 Å². The molecule has 3 aromatic rings. The van der Waals surface area contributed by atoms with Gasteiger partial charge < -0.3 is 4.74 Å². The molecule has 1 aliphatic rings. The fraction of sp³-hybridized carbons (Fsp3) is 0.235. The maximum absolute atomic E-state index is 12.2. The maximum Gasteiger partial charge on any atom is 0.340 e. The number of fused-ring (bicyclic) bond motifs is 1. The molecule has 0 saturated heterocycles. The molecule has 0 spiro atoms. The van der Waals surface area contributed by atoms with Crippen molar-refractivity contribution in [1.29, 1.82) is 0 Å². The van der Waals surface area contributed by atoms with E-state index in [0.29, 0.717) is 17.0 Å². The first-order chi connectivity index (χ1) is 10.8. The Bertz CT molecular complexity index is 819. The van der Waals surface area contributed by atoms with E-state index in [9.17, 15) is 4.79 Å². The summed E-state index contributed by atoms with van der Waals surface area (Å²) >= 11 is 0. The molecule has 0 amide bonds. The van der Waals surface area contributed by atoms with Gasteiger partial charge in [-0.3, -0.25) is 10.1 Å². The second kappa shape index (κ2) is 5.26. The Labute approximate surface area is 127 Å². The Morgan fingerprint density at radius 1 is 1.23 bits per heavy atom. The predicted octanol–water partition coefficient (Wildman–Crippen LogP) is 3.19. The van der Waals surface area contributed by atoms with Crippen LogP contribution in [0.25, 0.3) is 10.9 Å². The highest BCUT2D eigenvalue weighted by molar-refractivity contribution is 6.02. The van der Waals surface area contributed by atoms with E-state index >= 15 is 0 Å². The van der Waals surface area contributed by atoms with Crippen LogP contribution in [0.2, 0.25) is 0 Å². The minimum Gasteiger partial charge on any atom is -0.456 e. The summed E-state index contributed by atoms with van der Waals surface area (Å²) in [5.41, 5.74) is 3.22. The molecule has 5 heteroatoms. The third-order valence-corrected chi connectivity index (χ3v) is 3.94. The monoisotopic (exact) mass is 293 g/mol. The molecule has 5 nitrogen and oxygen atoms in total. The molecule has 2 heterocycles. The van der Waals surface area contributed by atoms with E-state index in [1.807, 2.05) is 24.4 Å². The molecule has 0 atom stereocenters. The van der Waals surface area contributed by atoms with Crippen molar-refractivity contribution in [2.75, 3.05) is 0 Å². The summed E-state index contributed by atoms with van der Waals surface area (Å²) in [7, 11) is 0. The number of rotatable bonds is 4. The Balaban J connectivity index is 1.46. The summed E-state index contributed by atoms with van der Waals surface area (Å²) in [6.45, 7) is 0.175. The van der Waals surface area contributed by atoms with E-state index in [-0.39, 0.29) is 12.6 Å². The van der Waals surface area contributed by atoms with Gasteiger partial charge in [0.2, 0.25) is 0 Å². The fourth-order valence-electron chi connectivity index (χ4n) is 2.54. The smallest absolute Gasteiger partial charge is 0.340 e. The van der Waals surface area contributed by atoms with Crippen LogP contribution in [-0.4, -0.2) is 21.2 Å². The summed E-state index contributed by atoms with van der Waals surface area (Å²) < 4.78 is 5.36. The number of hydrogen-bond donors (Lipinski definition) is 1. The van der Waals surface area contributed by atoms with Gasteiger partial charge >= 0.3 is 5.97 Å². The summed E-state index contributed by atoms with van der Waals surface area (Å²) in [4.78, 5) is 16.6. The van der Waals surface area contributed by atoms with Crippen LogP contribution >= 0.6 is 0 Å². The number of carbonyl (C=O) groups excluding carboxylic acids is 1. The molecule has 0 aliphatic heterocycles. The molecule has 1 aliphatic carbocycles. The van der Waals surface area contributed by atoms with Crippen molar-refractivity contribution >= 4 is 16.9 Å². The lowest BCUT2D eigenvalue weighted by Crippen LogP contribution is -2.07. The molecular formula is C17H15N3O2. The predicted molar refractivity (Wildman–Crippen MR) is 81.4 cm³/mol. The van der Waals surface area contributed by atoms with Crippen LogP contribution in [0.3, 0.4) is 0 Å². The van der Waals surface area contributed by atoms with Gasteiger partial charge in [0.15, 0.2) is 0 Å². The summed E-state index contributed by atoms with van der Waals surface area (Å²) in [6.07, 6.45) is 6.08. The number of esters is 1. The zero-order valence-corrected chi connectivity index (χ0v) is 12.0. The zero-order valence-electron chi connectivity index (χ0n) is 12.0. The van der Waals surface area contributed by atoms with Crippen LogP contribution in [0.4, 0.5) is 0 Å². The minimum atomic E-state index is -0.372. The van der Waals surface area contributed by atoms with Gasteiger partial charge in [-0.15, -0.1) is 0 Å². The number of hydrogen-bond acceptors (Lipinski definition) is 4. The molecule has 1 N–H and O–H groups in total. The summed E-state index contributed by atoms with van der Waals surface area (Å²) in [6, 6.07) is 9.44. The maximum atomic E-state index is 12.2. The molecule has 1 aromatic carbocycles. The first-order valence-electron chi connectivity index (χ1n) is 7.35. The van der Waals surface area contributed by atoms with Crippen LogP contribution in [0.15, 0.2) is 42.7 Å². The number of para-hydroxylation sites is 1. The van der Waals surface area contributed by atoms with Gasteiger partial charge in [-0.25, -0.2) is 4.79 Å². The van der Waals surface area contributed by atoms with Gasteiger partial charge in [0.05, 0.1) is 23.0 Å². The van der Waals surface area contributed by atoms with Crippen molar-refractivity contribution < 1.29 is 9.53 Å². The van der Waals surface area contributed by atoms with Gasteiger partial charge in [-0.1, -0.05) is 18.2 Å². The highest BCUT2D eigenvalue weighted by Crippen LogP contribution is 2.39. The Morgan fingerprint density at radius 2 is 2.14 bits per heavy atom. The third-order valence-electron chi connectivity index (χ3n) is 3.94. The number of H-pyrrole nitrogens is 1. The molecule has 0 unspecified atom stereocenters. The van der Waals surface area contributed by atoms with Crippen LogP contribution in [0, 0.1) is 0 Å². The Hall–Kier alpha value is -2.69. The second-order valence-corrected chi connectivity index (χ2v) is 5.57. The fourth-order valence-corrected chi connectivity index (χ4v) is 2.54. The van der Waals surface area contributed by atoms with E-state index in [2.05, 4.69) is 21.2 Å². The quantitative estimate of drug-likeness (QED) is 0.750. The molecule has 4 rings (SSSR count). The molecule has 2 aromatic heterocycles. The Morgan fingerprint density at radius 3 is 2.91 bits per heavy atom. The van der Waals surface area contributed by atoms with Crippen LogP contribution in [-0.2, 0) is 11.3 Å². The number of aromatic nitrogens is 3. The van der Waals surface area contributed by atoms with Gasteiger partial charge in [-0.2, -0.15) is 5.10 Å². The van der Waals surface area contributed by atoms with Crippen molar-refractivity contribution in [3.05, 3.63) is 59.5 Å². The molecule has 1 saturated carbocycles. The lowest BCUT2D eigenvalue weighted by Gasteiger charge is -2.06. The van der Waals surface area contributed by atoms with Gasteiger partial charge in [0, 0.05) is 11.6 Å². The van der Waals surface area contributed by atoms with Crippen molar-refractivity contribution in [1.82, 2.24) is 15.2 Å². The van der Waals surface area contributed by atoms with Crippen LogP contribution in [0.5, 0.6) is 0 Å². The number of benzene rings is 1. The van der Waals surface area contributed by atoms with E-state index in [0.717, 1.165) is 11.1 Å². The van der Waals surface area contributed by atoms with E-state index in [4.69, 9.17) is 4.74 Å². The standard InChI is InChI=1S/C17H15N3O2/c21-17(15-3-1-2-13-9-19-20-16(13)15)22-10-14-7-6-12(8-18-14)11-4-5-11/h1-3,6-9,11H,4-5,10H2,(H,19,20). The summed E-state index contributed by atoms with van der Waals surface area (Å²) in [5.74, 6) is 0.310. The Kier molecular flexibility index (Phi) is 3.11. The van der Waals surface area contributed by atoms with Gasteiger partial charge in [0.25, 0.3) is 0 Å². The van der Waals surface area contributed by atoms with Gasteiger partial charge in [-0.05, 0) is 36.5 Å². The van der Waals surface area contributed by atoms with Crippen molar-refractivity contribution in [2.45, 2.75) is 25.4 Å². The number of ether oxygens (including phenoxy) is 1. The number of pyridine rings is 1. The number of aromatic amines is 1. The molecule has 0 radical (unpaired) electrons. The van der Waals surface area contributed by atoms with Crippen LogP contribution < -0.4 is 0 Å². The molecule has 22 heavy (non-hydrogen) atoms. The van der Waals surface area contributed by atoms with Crippen molar-refractivity contribution in [3.8, 4) is 0 Å². The van der Waals surface area contributed by atoms with E-state index in [1.165, 1.54) is 18.4 Å². The van der Waals surface area contributed by atoms with E-state index < -0.39 is 0 Å². The largest absolute Gasteiger partial charge is 0.456 e. The SMILES string of the molecule is O=C(OCc1ccc(C2CC2)cn1)c1cccc2cn[nH]c12. The highest BCUT2D eigenvalue weighted by atomic mass is 16.5. The molecule has 0 bridgehead atoms. The number of nitrogens with one attached hydrogen (secondary N) is 1. The average Bonchev–Trinajstić information content (AvgIpc) is 3.29. The number of carbonyl (C=O) groups is 1. The molecule has 1 fully saturated rings. The lowest BCUT2D eigenvalue weighted by atomic mass is 10.1. The highest BCUT2D eigenvalue weighted by Gasteiger charge is 2.23. The van der Waals surface area contributed by atoms with E-state index in [1.54, 1.807) is 12.3 Å². The number of nitrogens with zero attached hydrogens (tertiary/aromatic N) is 2. The topological polar surface area (TPSA) is 67.9 Å². The molecular weight excluding hydrogens is 278 g/mol. The van der Waals surface area contributed by atoms with Crippen molar-refractivity contribution in [3.63, 3.8) is 0 Å². The zero-order chi connectivity index (χ0) is 14.9. The van der Waals surface area contributed by atoms with Gasteiger partial charge in [0.1, 0.15) is 6.61 Å². The van der Waals surface area contributed by atoms with Crippen LogP contribution in [0.1, 0.15) is 40.4 Å². The lowest BCUT2D eigenvalue weighted by molar-refractivity contribution is 0.0470. The average molecular weight is 293 g/mol. The second-order valence-electron chi connectivity index (χ2n) is 5.57. The minimum absolute atomic E-state index is 0.175.